The van der Waals surface area contributed by atoms with Crippen LogP contribution >= 0.6 is 0 Å². The Kier molecular flexibility index (Phi) is 6.16. The predicted octanol–water partition coefficient (Wildman–Crippen LogP) is 3.64. The third kappa shape index (κ3) is 5.41. The second kappa shape index (κ2) is 8.62. The average molecular weight is 420 g/mol. The Balaban J connectivity index is 2.00. The van der Waals surface area contributed by atoms with Gasteiger partial charge in [-0.05, 0) is 36.2 Å². The van der Waals surface area contributed by atoms with Gasteiger partial charge in [-0.3, -0.25) is 9.48 Å². The molecule has 0 spiro atoms. The molecule has 2 aromatic heterocycles. The fourth-order valence-corrected chi connectivity index (χ4v) is 2.72. The number of aliphatic hydroxyl groups excluding tert-OH is 1. The van der Waals surface area contributed by atoms with E-state index in [0.717, 1.165) is 0 Å². The zero-order valence-electron chi connectivity index (χ0n) is 16.2. The highest BCUT2D eigenvalue weighted by Gasteiger charge is 2.31. The molecule has 0 saturated heterocycles. The van der Waals surface area contributed by atoms with Crippen molar-refractivity contribution in [3.8, 4) is 28.4 Å². The van der Waals surface area contributed by atoms with Crippen molar-refractivity contribution in [3.63, 3.8) is 0 Å². The van der Waals surface area contributed by atoms with Crippen molar-refractivity contribution in [3.05, 3.63) is 48.4 Å². The molecule has 0 saturated carbocycles. The van der Waals surface area contributed by atoms with Crippen LogP contribution in [-0.4, -0.2) is 43.6 Å². The standard InChI is InChI=1S/C20H19F3N4O3/c1-12(11-28)7-18(29)17-8-16(25-19(26-17)14-9-24-27(2)10-14)13-3-5-15(6-4-13)30-20(21,22)23/h3-6,8-10,12,28H,7,11H2,1-2H3/t12-/m1/s1. The lowest BCUT2D eigenvalue weighted by atomic mass is 10.0. The van der Waals surface area contributed by atoms with Crippen LogP contribution in [0.1, 0.15) is 23.8 Å². The van der Waals surface area contributed by atoms with E-state index in [9.17, 15) is 23.1 Å². The van der Waals surface area contributed by atoms with E-state index in [1.165, 1.54) is 30.3 Å². The number of hydrogen-bond donors (Lipinski definition) is 1. The summed E-state index contributed by atoms with van der Waals surface area (Å²) in [4.78, 5) is 21.4. The topological polar surface area (TPSA) is 90.1 Å². The monoisotopic (exact) mass is 420 g/mol. The molecular formula is C20H19F3N4O3. The van der Waals surface area contributed by atoms with Gasteiger partial charge < -0.3 is 9.84 Å². The molecule has 0 amide bonds. The first-order valence-corrected chi connectivity index (χ1v) is 9.03. The Morgan fingerprint density at radius 2 is 1.90 bits per heavy atom. The SMILES string of the molecule is C[C@@H](CO)CC(=O)c1cc(-c2ccc(OC(F)(F)F)cc2)nc(-c2cnn(C)c2)n1. The van der Waals surface area contributed by atoms with E-state index in [1.54, 1.807) is 31.0 Å². The van der Waals surface area contributed by atoms with Gasteiger partial charge in [0.2, 0.25) is 0 Å². The van der Waals surface area contributed by atoms with E-state index >= 15 is 0 Å². The number of alkyl halides is 3. The molecule has 2 heterocycles. The fraction of sp³-hybridized carbons (Fsp3) is 0.300. The van der Waals surface area contributed by atoms with E-state index in [-0.39, 0.29) is 42.0 Å². The minimum atomic E-state index is -4.78. The lowest BCUT2D eigenvalue weighted by Crippen LogP contribution is -2.16. The molecule has 0 aliphatic rings. The van der Waals surface area contributed by atoms with Gasteiger partial charge in [0.05, 0.1) is 17.5 Å². The normalized spacial score (nSPS) is 12.6. The van der Waals surface area contributed by atoms with Gasteiger partial charge in [0.1, 0.15) is 11.4 Å². The van der Waals surface area contributed by atoms with Crippen LogP contribution in [0.3, 0.4) is 0 Å². The molecule has 0 unspecified atom stereocenters. The summed E-state index contributed by atoms with van der Waals surface area (Å²) >= 11 is 0. The highest BCUT2D eigenvalue weighted by Crippen LogP contribution is 2.27. The first-order chi connectivity index (χ1) is 14.1. The Labute approximate surface area is 170 Å². The van der Waals surface area contributed by atoms with Crippen LogP contribution in [-0.2, 0) is 7.05 Å². The van der Waals surface area contributed by atoms with E-state index in [4.69, 9.17) is 0 Å². The molecule has 3 rings (SSSR count). The number of ketones is 1. The van der Waals surface area contributed by atoms with Crippen molar-refractivity contribution in [1.29, 1.82) is 0 Å². The van der Waals surface area contributed by atoms with E-state index in [0.29, 0.717) is 16.8 Å². The van der Waals surface area contributed by atoms with Crippen molar-refractivity contribution in [2.24, 2.45) is 13.0 Å². The Hall–Kier alpha value is -3.27. The lowest BCUT2D eigenvalue weighted by molar-refractivity contribution is -0.274. The Morgan fingerprint density at radius 1 is 1.20 bits per heavy atom. The van der Waals surface area contributed by atoms with E-state index in [1.807, 2.05) is 0 Å². The van der Waals surface area contributed by atoms with Gasteiger partial charge in [-0.15, -0.1) is 13.2 Å². The summed E-state index contributed by atoms with van der Waals surface area (Å²) in [5.74, 6) is -0.615. The molecule has 3 aromatic rings. The van der Waals surface area contributed by atoms with Gasteiger partial charge in [-0.1, -0.05) is 6.92 Å². The number of aliphatic hydroxyl groups is 1. The van der Waals surface area contributed by atoms with Crippen molar-refractivity contribution in [1.82, 2.24) is 19.7 Å². The van der Waals surface area contributed by atoms with Crippen molar-refractivity contribution >= 4 is 5.78 Å². The average Bonchev–Trinajstić information content (AvgIpc) is 3.13. The van der Waals surface area contributed by atoms with Crippen LogP contribution < -0.4 is 4.74 Å². The van der Waals surface area contributed by atoms with Crippen LogP contribution in [0, 0.1) is 5.92 Å². The number of carbonyl (C=O) groups is 1. The maximum absolute atomic E-state index is 12.6. The number of nitrogens with zero attached hydrogens (tertiary/aromatic N) is 4. The van der Waals surface area contributed by atoms with Crippen molar-refractivity contribution in [2.75, 3.05) is 6.61 Å². The molecule has 1 aromatic carbocycles. The molecule has 1 atom stereocenters. The van der Waals surface area contributed by atoms with Gasteiger partial charge in [0, 0.05) is 31.8 Å². The first kappa shape index (κ1) is 21.4. The summed E-state index contributed by atoms with van der Waals surface area (Å²) in [5.41, 5.74) is 1.58. The third-order valence-electron chi connectivity index (χ3n) is 4.20. The highest BCUT2D eigenvalue weighted by atomic mass is 19.4. The number of halogens is 3. The Morgan fingerprint density at radius 3 is 2.47 bits per heavy atom. The number of rotatable bonds is 7. The Bertz CT molecular complexity index is 1030. The molecule has 7 nitrogen and oxygen atoms in total. The van der Waals surface area contributed by atoms with Crippen LogP contribution in [0.2, 0.25) is 0 Å². The first-order valence-electron chi connectivity index (χ1n) is 9.03. The molecule has 1 N–H and O–H groups in total. The number of aromatic nitrogens is 4. The quantitative estimate of drug-likeness (QED) is 0.587. The number of hydrogen-bond acceptors (Lipinski definition) is 6. The van der Waals surface area contributed by atoms with E-state index < -0.39 is 6.36 Å². The molecule has 10 heteroatoms. The van der Waals surface area contributed by atoms with Gasteiger partial charge >= 0.3 is 6.36 Å². The van der Waals surface area contributed by atoms with Crippen LogP contribution in [0.5, 0.6) is 5.75 Å². The van der Waals surface area contributed by atoms with Gasteiger partial charge in [0.25, 0.3) is 0 Å². The number of carbonyl (C=O) groups excluding carboxylic acids is 1. The number of Topliss-reactive ketones (excluding diaryl/α,β-unsaturated/α-hetero) is 1. The fourth-order valence-electron chi connectivity index (χ4n) is 2.72. The van der Waals surface area contributed by atoms with Crippen molar-refractivity contribution < 1.29 is 27.8 Å². The van der Waals surface area contributed by atoms with Gasteiger partial charge in [-0.2, -0.15) is 5.10 Å². The third-order valence-corrected chi connectivity index (χ3v) is 4.20. The second-order valence-electron chi connectivity index (χ2n) is 6.85. The molecule has 158 valence electrons. The smallest absolute Gasteiger partial charge is 0.406 e. The summed E-state index contributed by atoms with van der Waals surface area (Å²) in [5, 5.41) is 13.3. The highest BCUT2D eigenvalue weighted by molar-refractivity contribution is 5.95. The number of aryl methyl sites for hydroxylation is 1. The second-order valence-corrected chi connectivity index (χ2v) is 6.85. The van der Waals surface area contributed by atoms with Crippen molar-refractivity contribution in [2.45, 2.75) is 19.7 Å². The maximum Gasteiger partial charge on any atom is 0.573 e. The van der Waals surface area contributed by atoms with Gasteiger partial charge in [-0.25, -0.2) is 9.97 Å². The summed E-state index contributed by atoms with van der Waals surface area (Å²) in [6.45, 7) is 1.60. The minimum absolute atomic E-state index is 0.0950. The minimum Gasteiger partial charge on any atom is -0.406 e. The summed E-state index contributed by atoms with van der Waals surface area (Å²) in [6, 6.07) is 6.65. The molecule has 30 heavy (non-hydrogen) atoms. The zero-order chi connectivity index (χ0) is 21.9. The number of benzene rings is 1. The summed E-state index contributed by atoms with van der Waals surface area (Å²) in [7, 11) is 1.72. The van der Waals surface area contributed by atoms with Gasteiger partial charge in [0.15, 0.2) is 11.6 Å². The summed E-state index contributed by atoms with van der Waals surface area (Å²) in [6.07, 6.45) is -1.46. The van der Waals surface area contributed by atoms with Crippen LogP contribution in [0.15, 0.2) is 42.7 Å². The molecule has 0 aliphatic heterocycles. The van der Waals surface area contributed by atoms with Crippen LogP contribution in [0.25, 0.3) is 22.6 Å². The van der Waals surface area contributed by atoms with Crippen LogP contribution in [0.4, 0.5) is 13.2 Å². The predicted molar refractivity (Wildman–Crippen MR) is 102 cm³/mol. The van der Waals surface area contributed by atoms with E-state index in [2.05, 4.69) is 19.8 Å². The lowest BCUT2D eigenvalue weighted by Gasteiger charge is -2.11. The molecular weight excluding hydrogens is 401 g/mol. The largest absolute Gasteiger partial charge is 0.573 e. The molecule has 0 bridgehead atoms. The maximum atomic E-state index is 12.6. The molecule has 0 aliphatic carbocycles. The molecule has 0 radical (unpaired) electrons. The summed E-state index contributed by atoms with van der Waals surface area (Å²) < 4.78 is 42.6. The number of ether oxygens (including phenoxy) is 1. The zero-order valence-corrected chi connectivity index (χ0v) is 16.2. The molecule has 0 fully saturated rings.